The van der Waals surface area contributed by atoms with Crippen molar-refractivity contribution in [1.82, 2.24) is 5.32 Å². The predicted molar refractivity (Wildman–Crippen MR) is 68.9 cm³/mol. The van der Waals surface area contributed by atoms with Crippen molar-refractivity contribution in [3.8, 4) is 0 Å². The number of carbonyl (C=O) groups is 1. The first-order valence-corrected chi connectivity index (χ1v) is 5.84. The summed E-state index contributed by atoms with van der Waals surface area (Å²) in [5.41, 5.74) is -0.460. The lowest BCUT2D eigenvalue weighted by molar-refractivity contribution is 0.0170. The number of hydrogen-bond acceptors (Lipinski definition) is 2. The van der Waals surface area contributed by atoms with E-state index in [1.54, 1.807) is 6.92 Å². The molecule has 18 heavy (non-hydrogen) atoms. The molecule has 0 aliphatic rings. The summed E-state index contributed by atoms with van der Waals surface area (Å²) in [6, 6.07) is 5.03. The highest BCUT2D eigenvalue weighted by atomic mass is 19.1. The van der Waals surface area contributed by atoms with Crippen LogP contribution in [0, 0.1) is 11.7 Å². The van der Waals surface area contributed by atoms with Crippen molar-refractivity contribution in [2.24, 2.45) is 5.92 Å². The molecule has 2 amide bonds. The zero-order valence-electron chi connectivity index (χ0n) is 10.8. The molecule has 0 saturated carbocycles. The maximum atomic E-state index is 12.7. The smallest absolute Gasteiger partial charge is 0.319 e. The topological polar surface area (TPSA) is 61.4 Å². The number of benzene rings is 1. The Morgan fingerprint density at radius 3 is 2.44 bits per heavy atom. The van der Waals surface area contributed by atoms with Gasteiger partial charge in [-0.05, 0) is 37.1 Å². The number of amides is 2. The van der Waals surface area contributed by atoms with E-state index in [-0.39, 0.29) is 18.3 Å². The van der Waals surface area contributed by atoms with Crippen LogP contribution in [0.25, 0.3) is 0 Å². The van der Waals surface area contributed by atoms with Crippen molar-refractivity contribution in [2.75, 3.05) is 11.9 Å². The fourth-order valence-electron chi connectivity index (χ4n) is 1.17. The van der Waals surface area contributed by atoms with Crippen LogP contribution >= 0.6 is 0 Å². The highest BCUT2D eigenvalue weighted by molar-refractivity contribution is 5.89. The summed E-state index contributed by atoms with van der Waals surface area (Å²) >= 11 is 0. The van der Waals surface area contributed by atoms with Crippen molar-refractivity contribution in [3.63, 3.8) is 0 Å². The van der Waals surface area contributed by atoms with E-state index in [1.807, 2.05) is 13.8 Å². The van der Waals surface area contributed by atoms with Gasteiger partial charge in [0.2, 0.25) is 0 Å². The van der Waals surface area contributed by atoms with Crippen molar-refractivity contribution < 1.29 is 14.3 Å². The molecule has 0 aromatic heterocycles. The summed E-state index contributed by atoms with van der Waals surface area (Å²) in [6.07, 6.45) is 0. The minimum atomic E-state index is -0.958. The number of urea groups is 1. The van der Waals surface area contributed by atoms with E-state index < -0.39 is 11.6 Å². The van der Waals surface area contributed by atoms with Gasteiger partial charge >= 0.3 is 6.03 Å². The molecule has 0 saturated heterocycles. The van der Waals surface area contributed by atoms with Crippen LogP contribution in [0.3, 0.4) is 0 Å². The number of hydrogen-bond donors (Lipinski definition) is 3. The molecule has 0 spiro atoms. The highest BCUT2D eigenvalue weighted by Crippen LogP contribution is 2.14. The lowest BCUT2D eigenvalue weighted by Crippen LogP contribution is -2.45. The first-order valence-electron chi connectivity index (χ1n) is 5.84. The number of nitrogens with one attached hydrogen (secondary N) is 2. The van der Waals surface area contributed by atoms with E-state index in [0.717, 1.165) is 0 Å². The number of anilines is 1. The van der Waals surface area contributed by atoms with E-state index in [4.69, 9.17) is 0 Å². The number of rotatable bonds is 4. The quantitative estimate of drug-likeness (QED) is 0.772. The van der Waals surface area contributed by atoms with Crippen LogP contribution < -0.4 is 10.6 Å². The molecule has 0 aliphatic heterocycles. The average Bonchev–Trinajstić information content (AvgIpc) is 2.29. The molecule has 0 bridgehead atoms. The second-order valence-corrected chi connectivity index (χ2v) is 4.83. The van der Waals surface area contributed by atoms with Gasteiger partial charge in [-0.15, -0.1) is 0 Å². The monoisotopic (exact) mass is 254 g/mol. The fraction of sp³-hybridized carbons (Fsp3) is 0.462. The summed E-state index contributed by atoms with van der Waals surface area (Å²) in [4.78, 5) is 11.5. The zero-order valence-corrected chi connectivity index (χ0v) is 10.8. The third-order valence-electron chi connectivity index (χ3n) is 2.95. The van der Waals surface area contributed by atoms with Crippen molar-refractivity contribution in [3.05, 3.63) is 30.1 Å². The minimum absolute atomic E-state index is 0.0311. The van der Waals surface area contributed by atoms with E-state index >= 15 is 0 Å². The molecule has 4 nitrogen and oxygen atoms in total. The number of halogens is 1. The molecule has 1 aromatic rings. The fourth-order valence-corrected chi connectivity index (χ4v) is 1.17. The molecule has 0 aliphatic carbocycles. The summed E-state index contributed by atoms with van der Waals surface area (Å²) in [6.45, 7) is 5.56. The Balaban J connectivity index is 2.45. The lowest BCUT2D eigenvalue weighted by atomic mass is 9.93. The predicted octanol–water partition coefficient (Wildman–Crippen LogP) is 2.35. The van der Waals surface area contributed by atoms with Gasteiger partial charge in [-0.2, -0.15) is 0 Å². The summed E-state index contributed by atoms with van der Waals surface area (Å²) in [5.74, 6) is -0.327. The van der Waals surface area contributed by atoms with Gasteiger partial charge in [0.15, 0.2) is 0 Å². The molecule has 3 N–H and O–H groups in total. The van der Waals surface area contributed by atoms with E-state index in [9.17, 15) is 14.3 Å². The Bertz CT molecular complexity index is 402. The van der Waals surface area contributed by atoms with Crippen LogP contribution in [0.5, 0.6) is 0 Å². The maximum Gasteiger partial charge on any atom is 0.319 e. The molecule has 5 heteroatoms. The van der Waals surface area contributed by atoms with Gasteiger partial charge in [-0.25, -0.2) is 9.18 Å². The van der Waals surface area contributed by atoms with Crippen molar-refractivity contribution in [2.45, 2.75) is 26.4 Å². The molecule has 100 valence electrons. The second kappa shape index (κ2) is 5.82. The summed E-state index contributed by atoms with van der Waals surface area (Å²) in [7, 11) is 0. The number of carbonyl (C=O) groups excluding carboxylic acids is 1. The zero-order chi connectivity index (χ0) is 13.8. The maximum absolute atomic E-state index is 12.7. The molecule has 1 unspecified atom stereocenters. The third-order valence-corrected chi connectivity index (χ3v) is 2.95. The van der Waals surface area contributed by atoms with E-state index in [0.29, 0.717) is 5.69 Å². The van der Waals surface area contributed by atoms with Gasteiger partial charge in [-0.1, -0.05) is 13.8 Å². The van der Waals surface area contributed by atoms with Crippen LogP contribution in [0.1, 0.15) is 20.8 Å². The largest absolute Gasteiger partial charge is 0.388 e. The van der Waals surface area contributed by atoms with Gasteiger partial charge in [0.25, 0.3) is 0 Å². The standard InChI is InChI=1S/C13H19FN2O2/c1-9(2)13(3,18)8-15-12(17)16-11-6-4-10(14)5-7-11/h4-7,9,18H,8H2,1-3H3,(H2,15,16,17). The van der Waals surface area contributed by atoms with Crippen LogP contribution in [0.15, 0.2) is 24.3 Å². The molecule has 0 radical (unpaired) electrons. The Kier molecular flexibility index (Phi) is 4.67. The molecule has 0 fully saturated rings. The Morgan fingerprint density at radius 1 is 1.39 bits per heavy atom. The normalized spacial score (nSPS) is 14.1. The van der Waals surface area contributed by atoms with Crippen molar-refractivity contribution in [1.29, 1.82) is 0 Å². The van der Waals surface area contributed by atoms with Gasteiger partial charge in [-0.3, -0.25) is 0 Å². The molecular weight excluding hydrogens is 235 g/mol. The van der Waals surface area contributed by atoms with Gasteiger partial charge in [0.05, 0.1) is 5.60 Å². The second-order valence-electron chi connectivity index (χ2n) is 4.83. The van der Waals surface area contributed by atoms with Crippen LogP contribution in [0.2, 0.25) is 0 Å². The van der Waals surface area contributed by atoms with Crippen LogP contribution in [-0.4, -0.2) is 23.3 Å². The average molecular weight is 254 g/mol. The first kappa shape index (κ1) is 14.4. The SMILES string of the molecule is CC(C)C(C)(O)CNC(=O)Nc1ccc(F)cc1. The Labute approximate surface area is 106 Å². The van der Waals surface area contributed by atoms with Crippen LogP contribution in [0.4, 0.5) is 14.9 Å². The Morgan fingerprint density at radius 2 is 1.94 bits per heavy atom. The summed E-state index contributed by atoms with van der Waals surface area (Å²) < 4.78 is 12.7. The van der Waals surface area contributed by atoms with Gasteiger partial charge in [0, 0.05) is 12.2 Å². The van der Waals surface area contributed by atoms with Crippen LogP contribution in [-0.2, 0) is 0 Å². The first-order chi connectivity index (χ1) is 8.31. The molecule has 1 aromatic carbocycles. The molecular formula is C13H19FN2O2. The van der Waals surface area contributed by atoms with Gasteiger partial charge < -0.3 is 15.7 Å². The molecule has 0 heterocycles. The van der Waals surface area contributed by atoms with Gasteiger partial charge in [0.1, 0.15) is 5.82 Å². The Hall–Kier alpha value is -1.62. The molecule has 1 rings (SSSR count). The summed E-state index contributed by atoms with van der Waals surface area (Å²) in [5, 5.41) is 15.1. The lowest BCUT2D eigenvalue weighted by Gasteiger charge is -2.27. The molecule has 1 atom stereocenters. The van der Waals surface area contributed by atoms with E-state index in [2.05, 4.69) is 10.6 Å². The highest BCUT2D eigenvalue weighted by Gasteiger charge is 2.25. The van der Waals surface area contributed by atoms with E-state index in [1.165, 1.54) is 24.3 Å². The third kappa shape index (κ3) is 4.33. The van der Waals surface area contributed by atoms with Crippen molar-refractivity contribution >= 4 is 11.7 Å². The minimum Gasteiger partial charge on any atom is -0.388 e. The number of aliphatic hydroxyl groups is 1.